The molecule has 4 fully saturated rings. The molecule has 2 aliphatic heterocycles. The summed E-state index contributed by atoms with van der Waals surface area (Å²) in [5, 5.41) is 2.40. The van der Waals surface area contributed by atoms with Gasteiger partial charge in [-0.3, -0.25) is 15.0 Å². The van der Waals surface area contributed by atoms with Crippen LogP contribution in [0.4, 0.5) is 0 Å². The number of likely N-dealkylation sites (tertiary alicyclic amines) is 1. The molecule has 2 heterocycles. The molecule has 0 spiro atoms. The summed E-state index contributed by atoms with van der Waals surface area (Å²) in [6.07, 6.45) is 5.56. The fraction of sp³-hybridized carbons (Fsp3) is 0.913. The number of nitrogens with one attached hydrogen (secondary N) is 1. The maximum absolute atomic E-state index is 13.1. The number of ketones is 1. The minimum Gasteiger partial charge on any atom is -0.339 e. The van der Waals surface area contributed by atoms with E-state index in [0.29, 0.717) is 41.3 Å². The van der Waals surface area contributed by atoms with Crippen molar-refractivity contribution in [3.8, 4) is 0 Å². The molecule has 6 atom stereocenters. The fourth-order valence-electron chi connectivity index (χ4n) is 6.46. The van der Waals surface area contributed by atoms with Crippen LogP contribution in [0, 0.1) is 41.4 Å². The monoisotopic (exact) mass is 389 g/mol. The van der Waals surface area contributed by atoms with Gasteiger partial charge in [-0.1, -0.05) is 20.8 Å². The standard InChI is InChI=1S/C23H39N3O2/c1-14(2)11-25-13-19(10-24-25)18-7-8-20-21(9-18)26(23(28)17-5-6-17)12-15(3)22(20)16(4)27/h14-15,17-22,24H,5-13H2,1-4H3/t15-,18?,19?,20?,21?,22?/m0/s1. The van der Waals surface area contributed by atoms with Gasteiger partial charge in [0.05, 0.1) is 0 Å². The second-order valence-corrected chi connectivity index (χ2v) is 10.6. The van der Waals surface area contributed by atoms with E-state index in [1.54, 1.807) is 6.92 Å². The Morgan fingerprint density at radius 3 is 2.46 bits per heavy atom. The minimum absolute atomic E-state index is 0.147. The predicted molar refractivity (Wildman–Crippen MR) is 110 cm³/mol. The number of fused-ring (bicyclic) bond motifs is 1. The van der Waals surface area contributed by atoms with Gasteiger partial charge >= 0.3 is 0 Å². The normalized spacial score (nSPS) is 39.2. The maximum atomic E-state index is 13.1. The molecule has 158 valence electrons. The first-order chi connectivity index (χ1) is 13.3. The summed E-state index contributed by atoms with van der Waals surface area (Å²) in [6, 6.07) is 0.288. The van der Waals surface area contributed by atoms with E-state index < -0.39 is 0 Å². The number of hydrazine groups is 1. The first-order valence-electron chi connectivity index (χ1n) is 11.6. The third kappa shape index (κ3) is 4.02. The van der Waals surface area contributed by atoms with Crippen molar-refractivity contribution in [3.63, 3.8) is 0 Å². The van der Waals surface area contributed by atoms with Gasteiger partial charge in [0, 0.05) is 44.1 Å². The molecule has 4 rings (SSSR count). The average molecular weight is 390 g/mol. The van der Waals surface area contributed by atoms with Crippen molar-refractivity contribution in [3.05, 3.63) is 0 Å². The smallest absolute Gasteiger partial charge is 0.225 e. The van der Waals surface area contributed by atoms with Gasteiger partial charge in [0.15, 0.2) is 0 Å². The molecule has 0 bridgehead atoms. The van der Waals surface area contributed by atoms with Crippen molar-refractivity contribution in [2.75, 3.05) is 26.2 Å². The zero-order valence-corrected chi connectivity index (χ0v) is 18.2. The average Bonchev–Trinajstić information content (AvgIpc) is 3.39. The zero-order valence-electron chi connectivity index (χ0n) is 18.2. The molecular formula is C23H39N3O2. The molecule has 1 N–H and O–H groups in total. The molecule has 0 aromatic carbocycles. The molecular weight excluding hydrogens is 350 g/mol. The number of amides is 1. The Morgan fingerprint density at radius 1 is 1.07 bits per heavy atom. The van der Waals surface area contributed by atoms with Crippen molar-refractivity contribution in [1.82, 2.24) is 15.3 Å². The van der Waals surface area contributed by atoms with Gasteiger partial charge in [0.2, 0.25) is 5.91 Å². The van der Waals surface area contributed by atoms with E-state index in [0.717, 1.165) is 51.9 Å². The van der Waals surface area contributed by atoms with Crippen molar-refractivity contribution in [2.45, 2.75) is 65.8 Å². The fourth-order valence-corrected chi connectivity index (χ4v) is 6.46. The van der Waals surface area contributed by atoms with Crippen LogP contribution < -0.4 is 5.43 Å². The summed E-state index contributed by atoms with van der Waals surface area (Å²) in [7, 11) is 0. The van der Waals surface area contributed by atoms with Gasteiger partial charge in [-0.15, -0.1) is 0 Å². The van der Waals surface area contributed by atoms with Gasteiger partial charge in [-0.05, 0) is 68.6 Å². The largest absolute Gasteiger partial charge is 0.339 e. The highest BCUT2D eigenvalue weighted by Gasteiger charge is 2.50. The molecule has 2 aliphatic carbocycles. The third-order valence-corrected chi connectivity index (χ3v) is 7.83. The molecule has 5 unspecified atom stereocenters. The summed E-state index contributed by atoms with van der Waals surface area (Å²) in [4.78, 5) is 27.7. The number of hydrogen-bond donors (Lipinski definition) is 1. The van der Waals surface area contributed by atoms with Crippen molar-refractivity contribution in [1.29, 1.82) is 0 Å². The Balaban J connectivity index is 1.48. The van der Waals surface area contributed by atoms with E-state index in [-0.39, 0.29) is 17.9 Å². The number of hydrogen-bond acceptors (Lipinski definition) is 4. The zero-order chi connectivity index (χ0) is 20.0. The molecule has 2 saturated heterocycles. The van der Waals surface area contributed by atoms with E-state index >= 15 is 0 Å². The van der Waals surface area contributed by atoms with Gasteiger partial charge in [0.25, 0.3) is 0 Å². The maximum Gasteiger partial charge on any atom is 0.225 e. The SMILES string of the molecule is CC(=O)C1C2CCC(C3CNN(CC(C)C)C3)CC2N(C(=O)C2CC2)C[C@@H]1C. The van der Waals surface area contributed by atoms with Gasteiger partial charge in [0.1, 0.15) is 5.78 Å². The van der Waals surface area contributed by atoms with E-state index in [2.05, 4.69) is 36.1 Å². The number of Topliss-reactive ketones (excluding diaryl/α,β-unsaturated/α-hetero) is 1. The van der Waals surface area contributed by atoms with Crippen LogP contribution in [0.1, 0.15) is 59.8 Å². The first kappa shape index (κ1) is 20.3. The van der Waals surface area contributed by atoms with Gasteiger partial charge in [-0.2, -0.15) is 0 Å². The summed E-state index contributed by atoms with van der Waals surface area (Å²) < 4.78 is 0. The second kappa shape index (κ2) is 8.06. The molecule has 4 aliphatic rings. The third-order valence-electron chi connectivity index (χ3n) is 7.83. The molecule has 28 heavy (non-hydrogen) atoms. The van der Waals surface area contributed by atoms with Gasteiger partial charge < -0.3 is 4.90 Å². The van der Waals surface area contributed by atoms with Crippen molar-refractivity contribution in [2.24, 2.45) is 41.4 Å². The molecule has 5 heteroatoms. The van der Waals surface area contributed by atoms with Crippen LogP contribution in [0.15, 0.2) is 0 Å². The van der Waals surface area contributed by atoms with Crippen LogP contribution in [0.25, 0.3) is 0 Å². The highest BCUT2D eigenvalue weighted by Crippen LogP contribution is 2.47. The van der Waals surface area contributed by atoms with Crippen LogP contribution in [-0.2, 0) is 9.59 Å². The molecule has 1 amide bonds. The molecule has 0 aromatic rings. The van der Waals surface area contributed by atoms with Crippen LogP contribution in [0.2, 0.25) is 0 Å². The highest BCUT2D eigenvalue weighted by atomic mass is 16.2. The minimum atomic E-state index is 0.147. The topological polar surface area (TPSA) is 52.7 Å². The lowest BCUT2D eigenvalue weighted by Gasteiger charge is -2.52. The van der Waals surface area contributed by atoms with E-state index in [9.17, 15) is 9.59 Å². The number of carbonyl (C=O) groups is 2. The Kier molecular flexibility index (Phi) is 5.85. The highest BCUT2D eigenvalue weighted by molar-refractivity contribution is 5.83. The second-order valence-electron chi connectivity index (χ2n) is 10.6. The van der Waals surface area contributed by atoms with E-state index in [1.165, 1.54) is 6.42 Å². The lowest BCUT2D eigenvalue weighted by atomic mass is 9.63. The summed E-state index contributed by atoms with van der Waals surface area (Å²) in [6.45, 7) is 12.6. The molecule has 0 radical (unpaired) electrons. The van der Waals surface area contributed by atoms with E-state index in [4.69, 9.17) is 0 Å². The summed E-state index contributed by atoms with van der Waals surface area (Å²) in [5.74, 6) is 3.83. The number of piperidine rings is 1. The molecule has 2 saturated carbocycles. The lowest BCUT2D eigenvalue weighted by Crippen LogP contribution is -2.59. The predicted octanol–water partition coefficient (Wildman–Crippen LogP) is 2.96. The Bertz CT molecular complexity index is 603. The van der Waals surface area contributed by atoms with Crippen LogP contribution in [0.5, 0.6) is 0 Å². The Morgan fingerprint density at radius 2 is 1.82 bits per heavy atom. The quantitative estimate of drug-likeness (QED) is 0.785. The summed E-state index contributed by atoms with van der Waals surface area (Å²) >= 11 is 0. The van der Waals surface area contributed by atoms with Crippen molar-refractivity contribution >= 4 is 11.7 Å². The van der Waals surface area contributed by atoms with Gasteiger partial charge in [-0.25, -0.2) is 5.01 Å². The van der Waals surface area contributed by atoms with E-state index in [1.807, 2.05) is 0 Å². The molecule has 0 aromatic heterocycles. The lowest BCUT2D eigenvalue weighted by molar-refractivity contribution is -0.149. The number of carbonyl (C=O) groups excluding carboxylic acids is 2. The van der Waals surface area contributed by atoms with Crippen LogP contribution >= 0.6 is 0 Å². The Hall–Kier alpha value is -0.940. The molecule has 5 nitrogen and oxygen atoms in total. The number of rotatable bonds is 5. The summed E-state index contributed by atoms with van der Waals surface area (Å²) in [5.41, 5.74) is 3.60. The first-order valence-corrected chi connectivity index (χ1v) is 11.6. The van der Waals surface area contributed by atoms with Crippen LogP contribution in [0.3, 0.4) is 0 Å². The Labute approximate surface area is 170 Å². The number of nitrogens with zero attached hydrogens (tertiary/aromatic N) is 2. The van der Waals surface area contributed by atoms with Crippen LogP contribution in [-0.4, -0.2) is 53.8 Å². The van der Waals surface area contributed by atoms with Crippen molar-refractivity contribution < 1.29 is 9.59 Å².